The molecular weight excluding hydrogens is 491 g/mol. The van der Waals surface area contributed by atoms with Crippen molar-refractivity contribution < 1.29 is 14.0 Å². The molecule has 0 aliphatic carbocycles. The number of aryl methyl sites for hydroxylation is 1. The third-order valence-corrected chi connectivity index (χ3v) is 8.71. The van der Waals surface area contributed by atoms with Crippen LogP contribution in [0.2, 0.25) is 0 Å². The maximum atomic E-state index is 14.7. The summed E-state index contributed by atoms with van der Waals surface area (Å²) in [5.41, 5.74) is 6.64. The van der Waals surface area contributed by atoms with E-state index in [-0.39, 0.29) is 17.6 Å². The van der Waals surface area contributed by atoms with E-state index in [0.717, 1.165) is 48.4 Å². The van der Waals surface area contributed by atoms with Gasteiger partial charge >= 0.3 is 0 Å². The fraction of sp³-hybridized carbons (Fsp3) is 0.375. The standard InChI is InChI=1S/C32H35FN4O2/c1-20-25(19-30(38)37-16-12-22(13-17-37)36-14-5-6-15-36)21(2)34-29(20)18-26-31-24(23-8-3-4-10-27(23)33)9-7-11-28(31)35-32(26)39/h3-4,7-11,18,22,34H,5-6,12-17,19H2,1-2H3,(H,35,39)/b26-18-. The molecule has 0 unspecified atom stereocenters. The first-order chi connectivity index (χ1) is 18.9. The van der Waals surface area contributed by atoms with Gasteiger partial charge in [-0.25, -0.2) is 4.39 Å². The lowest BCUT2D eigenvalue weighted by Crippen LogP contribution is -2.46. The number of benzene rings is 2. The zero-order valence-electron chi connectivity index (χ0n) is 22.6. The van der Waals surface area contributed by atoms with Gasteiger partial charge in [-0.2, -0.15) is 0 Å². The molecule has 7 heteroatoms. The molecule has 0 bridgehead atoms. The monoisotopic (exact) mass is 526 g/mol. The second-order valence-electron chi connectivity index (χ2n) is 11.0. The fourth-order valence-corrected chi connectivity index (χ4v) is 6.51. The van der Waals surface area contributed by atoms with Crippen LogP contribution in [0.3, 0.4) is 0 Å². The Bertz CT molecular complexity index is 1460. The number of likely N-dealkylation sites (tertiary alicyclic amines) is 2. The van der Waals surface area contributed by atoms with Gasteiger partial charge in [0.15, 0.2) is 0 Å². The first kappa shape index (κ1) is 25.6. The summed E-state index contributed by atoms with van der Waals surface area (Å²) < 4.78 is 14.7. The average molecular weight is 527 g/mol. The lowest BCUT2D eigenvalue weighted by molar-refractivity contribution is -0.132. The molecule has 2 amide bonds. The van der Waals surface area contributed by atoms with Gasteiger partial charge < -0.3 is 20.1 Å². The summed E-state index contributed by atoms with van der Waals surface area (Å²) >= 11 is 0. The molecule has 2 saturated heterocycles. The molecule has 39 heavy (non-hydrogen) atoms. The number of H-pyrrole nitrogens is 1. The third-order valence-electron chi connectivity index (χ3n) is 8.71. The van der Waals surface area contributed by atoms with Crippen molar-refractivity contribution in [2.45, 2.75) is 52.0 Å². The first-order valence-corrected chi connectivity index (χ1v) is 14.0. The van der Waals surface area contributed by atoms with Crippen LogP contribution >= 0.6 is 0 Å². The highest BCUT2D eigenvalue weighted by molar-refractivity contribution is 6.36. The highest BCUT2D eigenvalue weighted by atomic mass is 19.1. The summed E-state index contributed by atoms with van der Waals surface area (Å²) in [7, 11) is 0. The molecule has 0 saturated carbocycles. The number of aromatic amines is 1. The lowest BCUT2D eigenvalue weighted by atomic mass is 9.93. The zero-order valence-corrected chi connectivity index (χ0v) is 22.6. The summed E-state index contributed by atoms with van der Waals surface area (Å²) in [6.45, 7) is 8.00. The molecule has 6 rings (SSSR count). The topological polar surface area (TPSA) is 68.4 Å². The summed E-state index contributed by atoms with van der Waals surface area (Å²) in [6, 6.07) is 12.7. The molecule has 1 aromatic heterocycles. The van der Waals surface area contributed by atoms with E-state index in [0.29, 0.717) is 40.4 Å². The van der Waals surface area contributed by atoms with Gasteiger partial charge in [0.05, 0.1) is 12.0 Å². The van der Waals surface area contributed by atoms with Crippen LogP contribution in [0.15, 0.2) is 42.5 Å². The number of amides is 2. The van der Waals surface area contributed by atoms with Crippen LogP contribution in [-0.2, 0) is 16.0 Å². The van der Waals surface area contributed by atoms with Gasteiger partial charge in [0.1, 0.15) is 5.82 Å². The Morgan fingerprint density at radius 2 is 1.72 bits per heavy atom. The number of fused-ring (bicyclic) bond motifs is 1. The predicted molar refractivity (Wildman–Crippen MR) is 153 cm³/mol. The van der Waals surface area contributed by atoms with Gasteiger partial charge in [-0.05, 0) is 87.5 Å². The van der Waals surface area contributed by atoms with Gasteiger partial charge in [-0.15, -0.1) is 0 Å². The smallest absolute Gasteiger partial charge is 0.256 e. The maximum absolute atomic E-state index is 14.7. The molecule has 6 nitrogen and oxygen atoms in total. The van der Waals surface area contributed by atoms with Crippen LogP contribution in [0, 0.1) is 19.7 Å². The minimum Gasteiger partial charge on any atom is -0.359 e. The number of rotatable bonds is 5. The summed E-state index contributed by atoms with van der Waals surface area (Å²) in [5, 5.41) is 2.93. The quantitative estimate of drug-likeness (QED) is 0.428. The van der Waals surface area contributed by atoms with E-state index in [1.54, 1.807) is 18.2 Å². The Kier molecular flexibility index (Phi) is 6.85. The highest BCUT2D eigenvalue weighted by Gasteiger charge is 2.30. The minimum absolute atomic E-state index is 0.157. The van der Waals surface area contributed by atoms with Crippen molar-refractivity contribution in [1.29, 1.82) is 0 Å². The number of anilines is 1. The Morgan fingerprint density at radius 1 is 1.00 bits per heavy atom. The highest BCUT2D eigenvalue weighted by Crippen LogP contribution is 2.41. The number of hydrogen-bond donors (Lipinski definition) is 2. The van der Waals surface area contributed by atoms with Crippen molar-refractivity contribution in [3.63, 3.8) is 0 Å². The van der Waals surface area contributed by atoms with Gasteiger partial charge in [-0.3, -0.25) is 9.59 Å². The molecule has 2 aromatic carbocycles. The number of carbonyl (C=O) groups excluding carboxylic acids is 2. The lowest BCUT2D eigenvalue weighted by Gasteiger charge is -2.36. The van der Waals surface area contributed by atoms with E-state index in [9.17, 15) is 14.0 Å². The number of nitrogens with zero attached hydrogens (tertiary/aromatic N) is 2. The van der Waals surface area contributed by atoms with Crippen LogP contribution in [0.25, 0.3) is 22.8 Å². The van der Waals surface area contributed by atoms with Crippen molar-refractivity contribution in [3.05, 3.63) is 76.4 Å². The summed E-state index contributed by atoms with van der Waals surface area (Å²) in [5.74, 6) is -0.397. The van der Waals surface area contributed by atoms with Crippen LogP contribution in [0.1, 0.15) is 53.8 Å². The van der Waals surface area contributed by atoms with E-state index in [4.69, 9.17) is 0 Å². The molecule has 0 spiro atoms. The molecule has 4 heterocycles. The van der Waals surface area contributed by atoms with Crippen LogP contribution < -0.4 is 5.32 Å². The summed E-state index contributed by atoms with van der Waals surface area (Å²) in [6.07, 6.45) is 6.86. The van der Waals surface area contributed by atoms with Crippen molar-refractivity contribution >= 4 is 29.2 Å². The van der Waals surface area contributed by atoms with Crippen molar-refractivity contribution in [2.24, 2.45) is 0 Å². The second kappa shape index (κ2) is 10.5. The van der Waals surface area contributed by atoms with E-state index in [1.807, 2.05) is 43.0 Å². The van der Waals surface area contributed by atoms with Crippen molar-refractivity contribution in [3.8, 4) is 11.1 Å². The Balaban J connectivity index is 1.24. The molecule has 0 radical (unpaired) electrons. The molecular formula is C32H35FN4O2. The van der Waals surface area contributed by atoms with E-state index < -0.39 is 0 Å². The van der Waals surface area contributed by atoms with Gasteiger partial charge in [0, 0.05) is 47.3 Å². The Morgan fingerprint density at radius 3 is 2.46 bits per heavy atom. The zero-order chi connectivity index (χ0) is 27.1. The molecule has 3 aliphatic heterocycles. The predicted octanol–water partition coefficient (Wildman–Crippen LogP) is 5.56. The number of hydrogen-bond acceptors (Lipinski definition) is 3. The first-order valence-electron chi connectivity index (χ1n) is 14.0. The molecule has 2 fully saturated rings. The van der Waals surface area contributed by atoms with Crippen LogP contribution in [0.5, 0.6) is 0 Å². The number of piperidine rings is 1. The number of halogens is 1. The Labute approximate surface area is 228 Å². The summed E-state index contributed by atoms with van der Waals surface area (Å²) in [4.78, 5) is 34.4. The normalized spacial score (nSPS) is 19.1. The molecule has 3 aromatic rings. The average Bonchev–Trinajstić information content (AvgIpc) is 3.65. The van der Waals surface area contributed by atoms with E-state index in [2.05, 4.69) is 15.2 Å². The number of carbonyl (C=O) groups is 2. The van der Waals surface area contributed by atoms with E-state index in [1.165, 1.54) is 32.0 Å². The van der Waals surface area contributed by atoms with E-state index >= 15 is 0 Å². The van der Waals surface area contributed by atoms with Crippen molar-refractivity contribution in [2.75, 3.05) is 31.5 Å². The van der Waals surface area contributed by atoms with Crippen LogP contribution in [-0.4, -0.2) is 58.8 Å². The maximum Gasteiger partial charge on any atom is 0.256 e. The Hall–Kier alpha value is -3.71. The molecule has 2 N–H and O–H groups in total. The van der Waals surface area contributed by atoms with Gasteiger partial charge in [0.2, 0.25) is 5.91 Å². The minimum atomic E-state index is -0.332. The second-order valence-corrected chi connectivity index (χ2v) is 11.0. The SMILES string of the molecule is Cc1[nH]c(/C=C2\C(=O)Nc3cccc(-c4ccccc4F)c32)c(C)c1CC(=O)N1CCC(N2CCCC2)CC1. The van der Waals surface area contributed by atoms with Gasteiger partial charge in [0.25, 0.3) is 5.91 Å². The van der Waals surface area contributed by atoms with Crippen molar-refractivity contribution in [1.82, 2.24) is 14.8 Å². The molecule has 3 aliphatic rings. The largest absolute Gasteiger partial charge is 0.359 e. The fourth-order valence-electron chi connectivity index (χ4n) is 6.51. The number of aromatic nitrogens is 1. The number of nitrogens with one attached hydrogen (secondary N) is 2. The molecule has 0 atom stereocenters. The third kappa shape index (κ3) is 4.80. The molecule has 202 valence electrons. The van der Waals surface area contributed by atoms with Gasteiger partial charge in [-0.1, -0.05) is 30.3 Å². The van der Waals surface area contributed by atoms with Crippen LogP contribution in [0.4, 0.5) is 10.1 Å².